The van der Waals surface area contributed by atoms with Gasteiger partial charge in [0, 0.05) is 18.7 Å². The van der Waals surface area contributed by atoms with E-state index in [2.05, 4.69) is 4.98 Å². The summed E-state index contributed by atoms with van der Waals surface area (Å²) in [5.74, 6) is -0.915. The molecule has 1 aromatic heterocycles. The normalized spacial score (nSPS) is 13.1. The molecular weight excluding hydrogens is 250 g/mol. The van der Waals surface area contributed by atoms with E-state index in [-0.39, 0.29) is 12.8 Å². The molecule has 1 atom stereocenters. The number of hydrogen-bond donors (Lipinski definition) is 2. The summed E-state index contributed by atoms with van der Waals surface area (Å²) in [5, 5.41) is 8.58. The molecule has 0 aromatic carbocycles. The molecule has 1 heterocycles. The Bertz CT molecular complexity index is 462. The fourth-order valence-corrected chi connectivity index (χ4v) is 1.37. The molecule has 7 nitrogen and oxygen atoms in total. The maximum absolute atomic E-state index is 11.7. The van der Waals surface area contributed by atoms with Crippen LogP contribution in [0.4, 0.5) is 4.79 Å². The molecule has 1 unspecified atom stereocenters. The van der Waals surface area contributed by atoms with Crippen molar-refractivity contribution in [2.24, 2.45) is 5.73 Å². The zero-order chi connectivity index (χ0) is 14.6. The van der Waals surface area contributed by atoms with Crippen LogP contribution >= 0.6 is 0 Å². The molecule has 0 amide bonds. The molecule has 0 bridgehead atoms. The number of aromatic nitrogens is 2. The first kappa shape index (κ1) is 15.2. The van der Waals surface area contributed by atoms with Gasteiger partial charge in [-0.05, 0) is 27.2 Å². The van der Waals surface area contributed by atoms with Crippen molar-refractivity contribution in [2.75, 3.05) is 0 Å². The van der Waals surface area contributed by atoms with Crippen molar-refractivity contribution < 1.29 is 19.4 Å². The highest BCUT2D eigenvalue weighted by molar-refractivity contribution is 5.70. The molecule has 0 fully saturated rings. The number of carbonyl (C=O) groups excluding carboxylic acids is 1. The predicted octanol–water partition coefficient (Wildman–Crippen LogP) is 1.53. The maximum Gasteiger partial charge on any atom is 0.419 e. The van der Waals surface area contributed by atoms with Gasteiger partial charge >= 0.3 is 12.1 Å². The number of nitrogens with two attached hydrogens (primary N) is 1. The van der Waals surface area contributed by atoms with Gasteiger partial charge in [-0.15, -0.1) is 0 Å². The first-order valence-corrected chi connectivity index (χ1v) is 5.93. The number of carboxylic acids is 1. The molecule has 0 aliphatic carbocycles. The second kappa shape index (κ2) is 5.83. The fourth-order valence-electron chi connectivity index (χ4n) is 1.37. The zero-order valence-corrected chi connectivity index (χ0v) is 11.3. The van der Waals surface area contributed by atoms with Crippen molar-refractivity contribution in [1.29, 1.82) is 0 Å². The van der Waals surface area contributed by atoms with Crippen molar-refractivity contribution in [3.63, 3.8) is 0 Å². The number of carbonyl (C=O) groups is 2. The van der Waals surface area contributed by atoms with Crippen molar-refractivity contribution in [2.45, 2.75) is 45.3 Å². The maximum atomic E-state index is 11.7. The summed E-state index contributed by atoms with van der Waals surface area (Å²) in [6.45, 7) is 5.30. The van der Waals surface area contributed by atoms with Crippen molar-refractivity contribution in [3.8, 4) is 0 Å². The van der Waals surface area contributed by atoms with Gasteiger partial charge in [0.25, 0.3) is 0 Å². The van der Waals surface area contributed by atoms with E-state index >= 15 is 0 Å². The van der Waals surface area contributed by atoms with E-state index in [0.717, 1.165) is 0 Å². The van der Waals surface area contributed by atoms with Gasteiger partial charge in [0.1, 0.15) is 11.9 Å². The Morgan fingerprint density at radius 3 is 2.68 bits per heavy atom. The minimum Gasteiger partial charge on any atom is -0.481 e. The minimum absolute atomic E-state index is 0.0412. The monoisotopic (exact) mass is 269 g/mol. The van der Waals surface area contributed by atoms with E-state index in [1.807, 2.05) is 0 Å². The molecule has 1 aromatic rings. The molecule has 3 N–H and O–H groups in total. The zero-order valence-electron chi connectivity index (χ0n) is 11.3. The SMILES string of the molecule is CC(C)(C)OC(=O)n1cnc(C(N)CCC(=O)O)c1. The van der Waals surface area contributed by atoms with E-state index in [0.29, 0.717) is 5.69 Å². The summed E-state index contributed by atoms with van der Waals surface area (Å²) in [7, 11) is 0. The fraction of sp³-hybridized carbons (Fsp3) is 0.583. The molecular formula is C12H19N3O4. The molecule has 0 aliphatic rings. The van der Waals surface area contributed by atoms with Crippen LogP contribution in [0.15, 0.2) is 12.5 Å². The number of imidazole rings is 1. The number of hydrogen-bond acceptors (Lipinski definition) is 5. The second-order valence-electron chi connectivity index (χ2n) is 5.23. The molecule has 0 spiro atoms. The van der Waals surface area contributed by atoms with Crippen LogP contribution in [0.3, 0.4) is 0 Å². The third-order valence-electron chi connectivity index (χ3n) is 2.26. The standard InChI is InChI=1S/C12H19N3O4/c1-12(2,3)19-11(18)15-6-9(14-7-15)8(13)4-5-10(16)17/h6-8H,4-5,13H2,1-3H3,(H,16,17). The van der Waals surface area contributed by atoms with Gasteiger partial charge < -0.3 is 15.6 Å². The molecule has 1 rings (SSSR count). The van der Waals surface area contributed by atoms with Crippen molar-refractivity contribution in [3.05, 3.63) is 18.2 Å². The van der Waals surface area contributed by atoms with Crippen molar-refractivity contribution >= 4 is 12.1 Å². The van der Waals surface area contributed by atoms with E-state index in [4.69, 9.17) is 15.6 Å². The first-order valence-electron chi connectivity index (χ1n) is 5.93. The van der Waals surface area contributed by atoms with E-state index in [1.54, 1.807) is 20.8 Å². The molecule has 0 saturated heterocycles. The third kappa shape index (κ3) is 5.09. The highest BCUT2D eigenvalue weighted by atomic mass is 16.6. The van der Waals surface area contributed by atoms with Crippen LogP contribution in [-0.2, 0) is 9.53 Å². The van der Waals surface area contributed by atoms with Gasteiger partial charge in [-0.3, -0.25) is 4.79 Å². The van der Waals surface area contributed by atoms with Crippen LogP contribution in [0.2, 0.25) is 0 Å². The quantitative estimate of drug-likeness (QED) is 0.858. The molecule has 0 saturated carbocycles. The average Bonchev–Trinajstić information content (AvgIpc) is 2.72. The molecule has 0 radical (unpaired) electrons. The topological polar surface area (TPSA) is 107 Å². The molecule has 7 heteroatoms. The van der Waals surface area contributed by atoms with Gasteiger partial charge in [-0.1, -0.05) is 0 Å². The Balaban J connectivity index is 2.66. The largest absolute Gasteiger partial charge is 0.481 e. The number of aliphatic carboxylic acids is 1. The number of rotatable bonds is 4. The first-order chi connectivity index (χ1) is 8.69. The van der Waals surface area contributed by atoms with Crippen LogP contribution in [-0.4, -0.2) is 32.3 Å². The lowest BCUT2D eigenvalue weighted by molar-refractivity contribution is -0.137. The number of nitrogens with zero attached hydrogens (tertiary/aromatic N) is 2. The van der Waals surface area contributed by atoms with Gasteiger partial charge in [-0.2, -0.15) is 0 Å². The van der Waals surface area contributed by atoms with Gasteiger partial charge in [0.15, 0.2) is 0 Å². The van der Waals surface area contributed by atoms with Crippen LogP contribution < -0.4 is 5.73 Å². The van der Waals surface area contributed by atoms with Crippen LogP contribution in [0, 0.1) is 0 Å². The van der Waals surface area contributed by atoms with Crippen LogP contribution in [0.1, 0.15) is 45.3 Å². The summed E-state index contributed by atoms with van der Waals surface area (Å²) in [4.78, 5) is 26.2. The van der Waals surface area contributed by atoms with Crippen molar-refractivity contribution in [1.82, 2.24) is 9.55 Å². The Morgan fingerprint density at radius 2 is 2.16 bits per heavy atom. The lowest BCUT2D eigenvalue weighted by Gasteiger charge is -2.19. The van der Waals surface area contributed by atoms with Gasteiger partial charge in [-0.25, -0.2) is 14.3 Å². The lowest BCUT2D eigenvalue weighted by Crippen LogP contribution is -2.26. The Labute approximate surface area is 111 Å². The van der Waals surface area contributed by atoms with E-state index < -0.39 is 23.7 Å². The minimum atomic E-state index is -0.915. The van der Waals surface area contributed by atoms with Gasteiger partial charge in [0.05, 0.1) is 5.69 Å². The van der Waals surface area contributed by atoms with E-state index in [9.17, 15) is 9.59 Å². The third-order valence-corrected chi connectivity index (χ3v) is 2.26. The van der Waals surface area contributed by atoms with Gasteiger partial charge in [0.2, 0.25) is 0 Å². The Hall–Kier alpha value is -1.89. The molecule has 106 valence electrons. The number of carboxylic acid groups (broad SMARTS) is 1. The Morgan fingerprint density at radius 1 is 1.53 bits per heavy atom. The van der Waals surface area contributed by atoms with E-state index in [1.165, 1.54) is 17.1 Å². The summed E-state index contributed by atoms with van der Waals surface area (Å²) in [5.41, 5.74) is 5.67. The summed E-state index contributed by atoms with van der Waals surface area (Å²) in [6.07, 6.45) is 2.45. The van der Waals surface area contributed by atoms with Crippen LogP contribution in [0.5, 0.6) is 0 Å². The lowest BCUT2D eigenvalue weighted by atomic mass is 10.1. The second-order valence-corrected chi connectivity index (χ2v) is 5.23. The smallest absolute Gasteiger partial charge is 0.419 e. The predicted molar refractivity (Wildman–Crippen MR) is 67.7 cm³/mol. The summed E-state index contributed by atoms with van der Waals surface area (Å²) >= 11 is 0. The number of ether oxygens (including phenoxy) is 1. The summed E-state index contributed by atoms with van der Waals surface area (Å²) < 4.78 is 6.36. The highest BCUT2D eigenvalue weighted by Gasteiger charge is 2.19. The van der Waals surface area contributed by atoms with Crippen LogP contribution in [0.25, 0.3) is 0 Å². The molecule has 19 heavy (non-hydrogen) atoms. The average molecular weight is 269 g/mol. The Kier molecular flexibility index (Phi) is 4.66. The highest BCUT2D eigenvalue weighted by Crippen LogP contribution is 2.15. The summed E-state index contributed by atoms with van der Waals surface area (Å²) in [6, 6.07) is -0.514. The molecule has 0 aliphatic heterocycles.